The first-order chi connectivity index (χ1) is 14.6. The topological polar surface area (TPSA) is 93.4 Å². The fourth-order valence-electron chi connectivity index (χ4n) is 2.70. The summed E-state index contributed by atoms with van der Waals surface area (Å²) in [5.41, 5.74) is 13.1. The van der Waals surface area contributed by atoms with Crippen molar-refractivity contribution in [3.8, 4) is 0 Å². The summed E-state index contributed by atoms with van der Waals surface area (Å²) in [6.45, 7) is 4.35. The molecule has 0 saturated heterocycles. The van der Waals surface area contributed by atoms with Crippen LogP contribution in [0.5, 0.6) is 0 Å². The van der Waals surface area contributed by atoms with E-state index in [1.54, 1.807) is 6.20 Å². The second-order valence-corrected chi connectivity index (χ2v) is 7.49. The largest absolute Gasteiger partial charge is 0.370 e. The lowest BCUT2D eigenvalue weighted by Crippen LogP contribution is -2.26. The van der Waals surface area contributed by atoms with Gasteiger partial charge in [-0.1, -0.05) is 47.1 Å². The SMILES string of the molecule is CCc1ccccn1.NC(N)=NCCCN(Cc1ccc(Br)cc1)c1ccccn1. The molecular formula is C23H29BrN6. The van der Waals surface area contributed by atoms with Crippen LogP contribution in [-0.2, 0) is 13.0 Å². The fourth-order valence-corrected chi connectivity index (χ4v) is 2.97. The van der Waals surface area contributed by atoms with E-state index in [-0.39, 0.29) is 5.96 Å². The number of halogens is 1. The average Bonchev–Trinajstić information content (AvgIpc) is 2.78. The number of aryl methyl sites for hydroxylation is 1. The van der Waals surface area contributed by atoms with Crippen LogP contribution < -0.4 is 16.4 Å². The van der Waals surface area contributed by atoms with Gasteiger partial charge in [-0.3, -0.25) is 9.98 Å². The van der Waals surface area contributed by atoms with Gasteiger partial charge in [0.25, 0.3) is 0 Å². The van der Waals surface area contributed by atoms with Crippen molar-refractivity contribution in [2.75, 3.05) is 18.0 Å². The second-order valence-electron chi connectivity index (χ2n) is 6.57. The van der Waals surface area contributed by atoms with Crippen molar-refractivity contribution in [1.29, 1.82) is 0 Å². The van der Waals surface area contributed by atoms with Crippen LogP contribution in [0.1, 0.15) is 24.6 Å². The number of nitrogens with zero attached hydrogens (tertiary/aromatic N) is 4. The van der Waals surface area contributed by atoms with Gasteiger partial charge in [0.15, 0.2) is 5.96 Å². The van der Waals surface area contributed by atoms with Crippen LogP contribution in [0.15, 0.2) is 82.5 Å². The highest BCUT2D eigenvalue weighted by Crippen LogP contribution is 2.16. The molecule has 0 spiro atoms. The zero-order chi connectivity index (χ0) is 21.6. The molecule has 0 radical (unpaired) electrons. The number of aliphatic imine (C=N–C) groups is 1. The molecule has 158 valence electrons. The van der Waals surface area contributed by atoms with Gasteiger partial charge in [-0.15, -0.1) is 0 Å². The first-order valence-electron chi connectivity index (χ1n) is 9.94. The Bertz CT molecular complexity index is 865. The van der Waals surface area contributed by atoms with Crippen molar-refractivity contribution >= 4 is 27.7 Å². The van der Waals surface area contributed by atoms with E-state index in [0.717, 1.165) is 41.9 Å². The van der Waals surface area contributed by atoms with Crippen molar-refractivity contribution in [2.24, 2.45) is 16.5 Å². The third-order valence-corrected chi connectivity index (χ3v) is 4.76. The highest BCUT2D eigenvalue weighted by atomic mass is 79.9. The summed E-state index contributed by atoms with van der Waals surface area (Å²) in [6, 6.07) is 20.2. The Morgan fingerprint density at radius 3 is 2.20 bits per heavy atom. The van der Waals surface area contributed by atoms with E-state index in [1.807, 2.05) is 54.7 Å². The summed E-state index contributed by atoms with van der Waals surface area (Å²) >= 11 is 3.46. The zero-order valence-electron chi connectivity index (χ0n) is 17.3. The van der Waals surface area contributed by atoms with Crippen LogP contribution in [-0.4, -0.2) is 29.0 Å². The van der Waals surface area contributed by atoms with E-state index in [1.165, 1.54) is 5.56 Å². The van der Waals surface area contributed by atoms with Crippen molar-refractivity contribution in [3.63, 3.8) is 0 Å². The van der Waals surface area contributed by atoms with Crippen LogP contribution in [0, 0.1) is 0 Å². The molecule has 0 amide bonds. The molecule has 0 aliphatic heterocycles. The number of hydrogen-bond acceptors (Lipinski definition) is 4. The second kappa shape index (κ2) is 13.3. The standard InChI is InChI=1S/C16H20BrN5.C7H9N/c17-14-7-5-13(6-8-14)12-22(11-3-10-21-16(18)19)15-4-1-2-9-20-15;1-2-7-5-3-4-6-8-7/h1-2,4-9H,3,10-12H2,(H4,18,19,21);3-6H,2H2,1H3. The summed E-state index contributed by atoms with van der Waals surface area (Å²) in [6.07, 6.45) is 5.52. The number of rotatable bonds is 8. The van der Waals surface area contributed by atoms with Gasteiger partial charge in [0.1, 0.15) is 5.82 Å². The molecule has 4 N–H and O–H groups in total. The Morgan fingerprint density at radius 1 is 0.967 bits per heavy atom. The maximum atomic E-state index is 5.36. The number of benzene rings is 1. The molecule has 0 aliphatic carbocycles. The van der Waals surface area contributed by atoms with Gasteiger partial charge in [0.05, 0.1) is 0 Å². The first kappa shape index (κ1) is 23.3. The van der Waals surface area contributed by atoms with E-state index in [2.05, 4.69) is 54.8 Å². The van der Waals surface area contributed by atoms with Crippen LogP contribution in [0.2, 0.25) is 0 Å². The summed E-state index contributed by atoms with van der Waals surface area (Å²) in [5, 5.41) is 0. The van der Waals surface area contributed by atoms with E-state index >= 15 is 0 Å². The molecule has 0 unspecified atom stereocenters. The molecule has 2 heterocycles. The number of guanidine groups is 1. The van der Waals surface area contributed by atoms with Gasteiger partial charge in [-0.05, 0) is 54.8 Å². The van der Waals surface area contributed by atoms with Gasteiger partial charge in [0.2, 0.25) is 0 Å². The number of nitrogens with two attached hydrogens (primary N) is 2. The molecule has 30 heavy (non-hydrogen) atoms. The molecule has 6 nitrogen and oxygen atoms in total. The molecule has 0 bridgehead atoms. The van der Waals surface area contributed by atoms with Gasteiger partial charge in [0, 0.05) is 42.2 Å². The minimum atomic E-state index is 0.136. The van der Waals surface area contributed by atoms with Crippen molar-refractivity contribution < 1.29 is 0 Å². The predicted octanol–water partition coefficient (Wildman–Crippen LogP) is 4.16. The van der Waals surface area contributed by atoms with Crippen molar-refractivity contribution in [2.45, 2.75) is 26.3 Å². The Morgan fingerprint density at radius 2 is 1.67 bits per heavy atom. The Balaban J connectivity index is 0.000000335. The fraction of sp³-hybridized carbons (Fsp3) is 0.261. The molecule has 3 rings (SSSR count). The molecule has 0 aliphatic rings. The number of aromatic nitrogens is 2. The highest BCUT2D eigenvalue weighted by molar-refractivity contribution is 9.10. The number of pyridine rings is 2. The molecule has 1 aromatic carbocycles. The van der Waals surface area contributed by atoms with Crippen molar-refractivity contribution in [1.82, 2.24) is 9.97 Å². The van der Waals surface area contributed by atoms with E-state index in [9.17, 15) is 0 Å². The normalized spacial score (nSPS) is 9.93. The van der Waals surface area contributed by atoms with Crippen LogP contribution >= 0.6 is 15.9 Å². The Kier molecular flexibility index (Phi) is 10.4. The van der Waals surface area contributed by atoms with Gasteiger partial charge in [-0.25, -0.2) is 4.98 Å². The molecule has 0 atom stereocenters. The summed E-state index contributed by atoms with van der Waals surface area (Å²) in [7, 11) is 0. The minimum absolute atomic E-state index is 0.136. The van der Waals surface area contributed by atoms with E-state index < -0.39 is 0 Å². The summed E-state index contributed by atoms with van der Waals surface area (Å²) in [4.78, 5) is 14.8. The molecule has 3 aromatic rings. The van der Waals surface area contributed by atoms with Gasteiger partial charge >= 0.3 is 0 Å². The predicted molar refractivity (Wildman–Crippen MR) is 128 cm³/mol. The number of hydrogen-bond donors (Lipinski definition) is 2. The van der Waals surface area contributed by atoms with Gasteiger partial charge < -0.3 is 16.4 Å². The summed E-state index contributed by atoms with van der Waals surface area (Å²) in [5.74, 6) is 1.09. The monoisotopic (exact) mass is 468 g/mol. The molecule has 7 heteroatoms. The lowest BCUT2D eigenvalue weighted by atomic mass is 10.2. The lowest BCUT2D eigenvalue weighted by Gasteiger charge is -2.23. The maximum absolute atomic E-state index is 5.36. The van der Waals surface area contributed by atoms with E-state index in [0.29, 0.717) is 6.54 Å². The Hall–Kier alpha value is -2.93. The number of anilines is 1. The van der Waals surface area contributed by atoms with Crippen LogP contribution in [0.3, 0.4) is 0 Å². The quantitative estimate of drug-likeness (QED) is 0.294. The molecule has 0 fully saturated rings. The van der Waals surface area contributed by atoms with E-state index in [4.69, 9.17) is 11.5 Å². The average molecular weight is 469 g/mol. The maximum Gasteiger partial charge on any atom is 0.185 e. The first-order valence-corrected chi connectivity index (χ1v) is 10.7. The zero-order valence-corrected chi connectivity index (χ0v) is 18.9. The third kappa shape index (κ3) is 9.05. The Labute approximate surface area is 187 Å². The van der Waals surface area contributed by atoms with Crippen molar-refractivity contribution in [3.05, 3.63) is 88.8 Å². The third-order valence-electron chi connectivity index (χ3n) is 4.23. The smallest absolute Gasteiger partial charge is 0.185 e. The van der Waals surface area contributed by atoms with Crippen LogP contribution in [0.4, 0.5) is 5.82 Å². The van der Waals surface area contributed by atoms with Crippen LogP contribution in [0.25, 0.3) is 0 Å². The molecular weight excluding hydrogens is 440 g/mol. The molecule has 2 aromatic heterocycles. The lowest BCUT2D eigenvalue weighted by molar-refractivity contribution is 0.726. The molecule has 0 saturated carbocycles. The minimum Gasteiger partial charge on any atom is -0.370 e. The van der Waals surface area contributed by atoms with Gasteiger partial charge in [-0.2, -0.15) is 0 Å². The highest BCUT2D eigenvalue weighted by Gasteiger charge is 2.08. The summed E-state index contributed by atoms with van der Waals surface area (Å²) < 4.78 is 1.08.